The fraction of sp³-hybridized carbons (Fsp3) is 0.105. The van der Waals surface area contributed by atoms with Gasteiger partial charge < -0.3 is 4.57 Å². The minimum absolute atomic E-state index is 0.0922. The molecule has 134 valence electrons. The lowest BCUT2D eigenvalue weighted by atomic mass is 10.1. The van der Waals surface area contributed by atoms with Crippen LogP contribution in [-0.2, 0) is 6.54 Å². The molecule has 8 nitrogen and oxygen atoms in total. The third-order valence-corrected chi connectivity index (χ3v) is 4.49. The number of hydrogen-bond donors (Lipinski definition) is 0. The molecule has 0 bridgehead atoms. The largest absolute Gasteiger partial charge is 0.340 e. The van der Waals surface area contributed by atoms with Crippen molar-refractivity contribution in [3.63, 3.8) is 0 Å². The number of non-ortho nitro benzene ring substituents is 1. The van der Waals surface area contributed by atoms with Crippen molar-refractivity contribution < 1.29 is 4.92 Å². The maximum Gasteiger partial charge on any atom is 0.269 e. The van der Waals surface area contributed by atoms with Crippen LogP contribution in [0, 0.1) is 17.0 Å². The lowest BCUT2D eigenvalue weighted by Crippen LogP contribution is -2.02. The number of rotatable bonds is 5. The Morgan fingerprint density at radius 1 is 1.11 bits per heavy atom. The van der Waals surface area contributed by atoms with Crippen LogP contribution in [0.5, 0.6) is 0 Å². The molecule has 2 aromatic heterocycles. The minimum Gasteiger partial charge on any atom is -0.340 e. The highest BCUT2D eigenvalue weighted by Gasteiger charge is 2.13. The molecule has 4 aromatic rings. The Morgan fingerprint density at radius 2 is 1.81 bits per heavy atom. The Hall–Kier alpha value is -3.81. The van der Waals surface area contributed by atoms with Crippen LogP contribution in [-0.4, -0.2) is 30.6 Å². The van der Waals surface area contributed by atoms with Crippen molar-refractivity contribution in [2.24, 2.45) is 5.10 Å². The molecular formula is C19H16N6O2. The van der Waals surface area contributed by atoms with Gasteiger partial charge in [0.15, 0.2) is 0 Å². The topological polar surface area (TPSA) is 91.1 Å². The SMILES string of the molecule is Cc1c(/C=N\n2cnnc2)c2ccccc2n1Cc1ccc([N+](=O)[O-])cc1. The van der Waals surface area contributed by atoms with E-state index in [1.54, 1.807) is 23.0 Å². The summed E-state index contributed by atoms with van der Waals surface area (Å²) in [6.07, 6.45) is 4.86. The van der Waals surface area contributed by atoms with E-state index in [-0.39, 0.29) is 10.6 Å². The summed E-state index contributed by atoms with van der Waals surface area (Å²) in [4.78, 5) is 10.5. The van der Waals surface area contributed by atoms with E-state index in [1.807, 2.05) is 19.1 Å². The fourth-order valence-electron chi connectivity index (χ4n) is 3.11. The quantitative estimate of drug-likeness (QED) is 0.310. The van der Waals surface area contributed by atoms with Crippen molar-refractivity contribution in [3.8, 4) is 0 Å². The third-order valence-electron chi connectivity index (χ3n) is 4.49. The van der Waals surface area contributed by atoms with Crippen LogP contribution in [0.1, 0.15) is 16.8 Å². The van der Waals surface area contributed by atoms with E-state index in [2.05, 4.69) is 32.0 Å². The van der Waals surface area contributed by atoms with Crippen molar-refractivity contribution in [2.45, 2.75) is 13.5 Å². The summed E-state index contributed by atoms with van der Waals surface area (Å²) in [5, 5.41) is 23.8. The van der Waals surface area contributed by atoms with E-state index in [0.29, 0.717) is 6.54 Å². The van der Waals surface area contributed by atoms with Crippen LogP contribution >= 0.6 is 0 Å². The lowest BCUT2D eigenvalue weighted by molar-refractivity contribution is -0.384. The van der Waals surface area contributed by atoms with Gasteiger partial charge in [0.25, 0.3) is 5.69 Å². The Kier molecular flexibility index (Phi) is 4.21. The summed E-state index contributed by atoms with van der Waals surface area (Å²) < 4.78 is 3.73. The highest BCUT2D eigenvalue weighted by Crippen LogP contribution is 2.26. The Morgan fingerprint density at radius 3 is 2.52 bits per heavy atom. The smallest absolute Gasteiger partial charge is 0.269 e. The van der Waals surface area contributed by atoms with Crippen LogP contribution in [0.25, 0.3) is 10.9 Å². The van der Waals surface area contributed by atoms with E-state index in [0.717, 1.165) is 27.7 Å². The van der Waals surface area contributed by atoms with E-state index in [1.165, 1.54) is 24.8 Å². The Bertz CT molecular complexity index is 1130. The lowest BCUT2D eigenvalue weighted by Gasteiger charge is -2.08. The fourth-order valence-corrected chi connectivity index (χ4v) is 3.11. The molecule has 4 rings (SSSR count). The summed E-state index contributed by atoms with van der Waals surface area (Å²) >= 11 is 0. The van der Waals surface area contributed by atoms with E-state index in [9.17, 15) is 10.1 Å². The van der Waals surface area contributed by atoms with E-state index >= 15 is 0 Å². The maximum absolute atomic E-state index is 10.8. The summed E-state index contributed by atoms with van der Waals surface area (Å²) in [5.74, 6) is 0. The molecule has 0 unspecified atom stereocenters. The predicted octanol–water partition coefficient (Wildman–Crippen LogP) is 3.38. The average molecular weight is 360 g/mol. The highest BCUT2D eigenvalue weighted by atomic mass is 16.6. The molecule has 0 aliphatic carbocycles. The number of hydrogen-bond acceptors (Lipinski definition) is 5. The molecule has 0 aliphatic heterocycles. The van der Waals surface area contributed by atoms with Crippen LogP contribution in [0.2, 0.25) is 0 Å². The van der Waals surface area contributed by atoms with Crippen molar-refractivity contribution >= 4 is 22.8 Å². The first-order chi connectivity index (χ1) is 13.1. The zero-order chi connectivity index (χ0) is 18.8. The van der Waals surface area contributed by atoms with Gasteiger partial charge in [-0.05, 0) is 18.6 Å². The Labute approximate surface area is 154 Å². The minimum atomic E-state index is -0.389. The normalized spacial score (nSPS) is 11.4. The number of nitro groups is 1. The average Bonchev–Trinajstić information content (AvgIpc) is 3.28. The molecule has 0 atom stereocenters. The molecule has 2 heterocycles. The molecule has 2 aromatic carbocycles. The first-order valence-corrected chi connectivity index (χ1v) is 8.33. The molecule has 0 amide bonds. The van der Waals surface area contributed by atoms with Crippen molar-refractivity contribution in [2.75, 3.05) is 0 Å². The zero-order valence-corrected chi connectivity index (χ0v) is 14.6. The van der Waals surface area contributed by atoms with Gasteiger partial charge in [-0.15, -0.1) is 10.2 Å². The second-order valence-corrected chi connectivity index (χ2v) is 6.11. The molecule has 0 saturated carbocycles. The van der Waals surface area contributed by atoms with E-state index in [4.69, 9.17) is 0 Å². The number of nitro benzene ring substituents is 1. The number of benzene rings is 2. The molecular weight excluding hydrogens is 344 g/mol. The van der Waals surface area contributed by atoms with Crippen LogP contribution in [0.4, 0.5) is 5.69 Å². The number of nitrogens with zero attached hydrogens (tertiary/aromatic N) is 6. The molecule has 0 radical (unpaired) electrons. The summed E-state index contributed by atoms with van der Waals surface area (Å²) in [7, 11) is 0. The van der Waals surface area contributed by atoms with Gasteiger partial charge in [-0.25, -0.2) is 4.68 Å². The van der Waals surface area contributed by atoms with Gasteiger partial charge >= 0.3 is 0 Å². The maximum atomic E-state index is 10.8. The van der Waals surface area contributed by atoms with Gasteiger partial charge in [0.1, 0.15) is 12.7 Å². The molecule has 0 fully saturated rings. The molecule has 0 aliphatic rings. The van der Waals surface area contributed by atoms with Crippen LogP contribution < -0.4 is 0 Å². The van der Waals surface area contributed by atoms with Crippen molar-refractivity contribution in [1.82, 2.24) is 19.4 Å². The number of fused-ring (bicyclic) bond motifs is 1. The van der Waals surface area contributed by atoms with Crippen LogP contribution in [0.3, 0.4) is 0 Å². The van der Waals surface area contributed by atoms with Gasteiger partial charge in [-0.1, -0.05) is 30.3 Å². The first-order valence-electron chi connectivity index (χ1n) is 8.33. The van der Waals surface area contributed by atoms with Gasteiger partial charge in [0.2, 0.25) is 0 Å². The Balaban J connectivity index is 1.74. The molecule has 0 spiro atoms. The molecule has 0 N–H and O–H groups in total. The molecule has 8 heteroatoms. The van der Waals surface area contributed by atoms with Gasteiger partial charge in [0.05, 0.1) is 11.1 Å². The number of aromatic nitrogens is 4. The summed E-state index contributed by atoms with van der Waals surface area (Å²) in [6, 6.07) is 14.7. The summed E-state index contributed by atoms with van der Waals surface area (Å²) in [5.41, 5.74) is 4.24. The van der Waals surface area contributed by atoms with Gasteiger partial charge in [-0.3, -0.25) is 10.1 Å². The third kappa shape index (κ3) is 3.20. The van der Waals surface area contributed by atoms with Crippen molar-refractivity contribution in [1.29, 1.82) is 0 Å². The zero-order valence-electron chi connectivity index (χ0n) is 14.6. The van der Waals surface area contributed by atoms with Gasteiger partial charge in [-0.2, -0.15) is 5.10 Å². The standard InChI is InChI=1S/C19H16N6O2/c1-14-18(10-22-23-12-20-21-13-23)17-4-2-3-5-19(17)24(14)11-15-6-8-16(9-7-15)25(26)27/h2-10,12-13H,11H2,1H3/b22-10-. The predicted molar refractivity (Wildman–Crippen MR) is 102 cm³/mol. The molecule has 27 heavy (non-hydrogen) atoms. The van der Waals surface area contributed by atoms with Crippen molar-refractivity contribution in [3.05, 3.63) is 88.1 Å². The second kappa shape index (κ2) is 6.83. The summed E-state index contributed by atoms with van der Waals surface area (Å²) in [6.45, 7) is 2.66. The highest BCUT2D eigenvalue weighted by molar-refractivity contribution is 6.01. The van der Waals surface area contributed by atoms with Crippen LogP contribution in [0.15, 0.2) is 66.3 Å². The molecule has 0 saturated heterocycles. The monoisotopic (exact) mass is 360 g/mol. The number of para-hydroxylation sites is 1. The second-order valence-electron chi connectivity index (χ2n) is 6.11. The van der Waals surface area contributed by atoms with Gasteiger partial charge in [0, 0.05) is 40.8 Å². The first kappa shape index (κ1) is 16.6. The van der Waals surface area contributed by atoms with E-state index < -0.39 is 0 Å².